The van der Waals surface area contributed by atoms with E-state index in [1.807, 2.05) is 23.1 Å². The molecule has 2 aromatic rings. The van der Waals surface area contributed by atoms with Gasteiger partial charge in [0, 0.05) is 12.2 Å². The van der Waals surface area contributed by atoms with Gasteiger partial charge in [0.25, 0.3) is 0 Å². The van der Waals surface area contributed by atoms with Crippen LogP contribution in [-0.4, -0.2) is 12.4 Å². The number of amidine groups is 1. The molecule has 0 unspecified atom stereocenters. The number of anilines is 2. The molecule has 2 aliphatic heterocycles. The zero-order chi connectivity index (χ0) is 16.0. The van der Waals surface area contributed by atoms with Crippen molar-refractivity contribution in [1.29, 1.82) is 0 Å². The van der Waals surface area contributed by atoms with Crippen LogP contribution in [0.5, 0.6) is 0 Å². The zero-order valence-corrected chi connectivity index (χ0v) is 10.9. The second-order valence-corrected chi connectivity index (χ2v) is 4.79. The number of hydrazone groups is 1. The van der Waals surface area contributed by atoms with E-state index in [4.69, 9.17) is 4.11 Å². The summed E-state index contributed by atoms with van der Waals surface area (Å²) in [5.41, 5.74) is 6.19. The van der Waals surface area contributed by atoms with Gasteiger partial charge in [0.2, 0.25) is 0 Å². The second kappa shape index (κ2) is 4.53. The Hall–Kier alpha value is -2.55. The third kappa shape index (κ3) is 1.79. The number of hydrogen-bond acceptors (Lipinski definition) is 3. The summed E-state index contributed by atoms with van der Waals surface area (Å²) in [5.74, 6) is 0.426. The molecule has 20 heavy (non-hydrogen) atoms. The van der Waals surface area contributed by atoms with Gasteiger partial charge in [-0.25, -0.2) is 0 Å². The highest BCUT2D eigenvalue weighted by Crippen LogP contribution is 2.29. The number of rotatable bonds is 0. The minimum Gasteiger partial charge on any atom is -0.324 e. The lowest BCUT2D eigenvalue weighted by molar-refractivity contribution is 1.02. The van der Waals surface area contributed by atoms with Gasteiger partial charge in [0.05, 0.1) is 9.80 Å². The van der Waals surface area contributed by atoms with Crippen molar-refractivity contribution in [3.63, 3.8) is 0 Å². The molecule has 0 fully saturated rings. The standard InChI is InChI=1S/C17H15N3/c1-3-7-15-13(5-1)9-10-17(19-18-15)20-12-11-14-6-2-4-8-16(14)20/h1-10,18H,11-12H2/i5D,9D,10D. The largest absolute Gasteiger partial charge is 0.324 e. The number of benzene rings is 2. The molecule has 4 rings (SSSR count). The van der Waals surface area contributed by atoms with Crippen LogP contribution in [0.2, 0.25) is 0 Å². The minimum absolute atomic E-state index is 0.0266. The molecule has 3 heteroatoms. The van der Waals surface area contributed by atoms with Gasteiger partial charge in [-0.2, -0.15) is 5.10 Å². The molecule has 0 spiro atoms. The summed E-state index contributed by atoms with van der Waals surface area (Å²) in [7, 11) is 0. The topological polar surface area (TPSA) is 27.6 Å². The maximum atomic E-state index is 8.41. The number of nitrogens with one attached hydrogen (secondary N) is 1. The Balaban J connectivity index is 1.84. The van der Waals surface area contributed by atoms with E-state index < -0.39 is 0 Å². The van der Waals surface area contributed by atoms with E-state index in [0.717, 1.165) is 18.7 Å². The molecular formula is C17H15N3. The molecular weight excluding hydrogens is 246 g/mol. The van der Waals surface area contributed by atoms with Crippen LogP contribution in [0.3, 0.4) is 0 Å². The van der Waals surface area contributed by atoms with E-state index in [9.17, 15) is 0 Å². The summed E-state index contributed by atoms with van der Waals surface area (Å²) >= 11 is 0. The van der Waals surface area contributed by atoms with Crippen LogP contribution in [0.4, 0.5) is 11.4 Å². The van der Waals surface area contributed by atoms with Gasteiger partial charge in [0.15, 0.2) is 5.84 Å². The Morgan fingerprint density at radius 3 is 3.00 bits per heavy atom. The van der Waals surface area contributed by atoms with Crippen molar-refractivity contribution in [3.8, 4) is 0 Å². The van der Waals surface area contributed by atoms with E-state index in [1.165, 1.54) is 5.56 Å². The quantitative estimate of drug-likeness (QED) is 0.788. The van der Waals surface area contributed by atoms with Crippen molar-refractivity contribution in [2.45, 2.75) is 6.42 Å². The Bertz CT molecular complexity index is 858. The van der Waals surface area contributed by atoms with Gasteiger partial charge in [-0.1, -0.05) is 36.4 Å². The first-order valence-electron chi connectivity index (χ1n) is 8.14. The van der Waals surface area contributed by atoms with E-state index in [2.05, 4.69) is 16.6 Å². The van der Waals surface area contributed by atoms with Crippen LogP contribution in [-0.2, 0) is 6.42 Å². The van der Waals surface area contributed by atoms with Crippen LogP contribution >= 0.6 is 0 Å². The first kappa shape index (κ1) is 8.59. The molecule has 0 radical (unpaired) electrons. The molecule has 2 aromatic carbocycles. The number of fused-ring (bicyclic) bond motifs is 2. The average Bonchev–Trinajstić information content (AvgIpc) is 2.93. The fourth-order valence-electron chi connectivity index (χ4n) is 2.58. The molecule has 0 aromatic heterocycles. The highest BCUT2D eigenvalue weighted by atomic mass is 15.4. The third-order valence-corrected chi connectivity index (χ3v) is 3.58. The maximum absolute atomic E-state index is 8.41. The van der Waals surface area contributed by atoms with E-state index in [0.29, 0.717) is 17.1 Å². The van der Waals surface area contributed by atoms with E-state index in [1.54, 1.807) is 18.2 Å². The minimum atomic E-state index is 0.0266. The number of hydrogen-bond donors (Lipinski definition) is 1. The normalized spacial score (nSPS) is 19.1. The Kier molecular flexibility index (Phi) is 1.94. The van der Waals surface area contributed by atoms with Gasteiger partial charge in [-0.05, 0) is 41.8 Å². The SMILES string of the molecule is [2H]C1=C([2H])c2c([2H])cccc2NN=C1N1CCc2ccccc21. The summed E-state index contributed by atoms with van der Waals surface area (Å²) in [6.45, 7) is 0.736. The fraction of sp³-hybridized carbons (Fsp3) is 0.118. The molecule has 98 valence electrons. The van der Waals surface area contributed by atoms with Crippen LogP contribution < -0.4 is 10.3 Å². The van der Waals surface area contributed by atoms with Gasteiger partial charge in [-0.15, -0.1) is 0 Å². The average molecular weight is 264 g/mol. The molecule has 1 N–H and O–H groups in total. The highest BCUT2D eigenvalue weighted by Gasteiger charge is 2.22. The van der Waals surface area contributed by atoms with Gasteiger partial charge < -0.3 is 4.90 Å². The van der Waals surface area contributed by atoms with E-state index in [-0.39, 0.29) is 18.1 Å². The predicted octanol–water partition coefficient (Wildman–Crippen LogP) is 3.50. The van der Waals surface area contributed by atoms with Crippen molar-refractivity contribution >= 4 is 23.3 Å². The molecule has 0 atom stereocenters. The van der Waals surface area contributed by atoms with Gasteiger partial charge >= 0.3 is 0 Å². The van der Waals surface area contributed by atoms with Crippen LogP contribution in [0.15, 0.2) is 59.7 Å². The van der Waals surface area contributed by atoms with Gasteiger partial charge in [-0.3, -0.25) is 5.43 Å². The number of para-hydroxylation sites is 2. The molecule has 3 nitrogen and oxygen atoms in total. The maximum Gasteiger partial charge on any atom is 0.153 e. The van der Waals surface area contributed by atoms with Crippen molar-refractivity contribution < 1.29 is 4.11 Å². The van der Waals surface area contributed by atoms with Crippen molar-refractivity contribution in [3.05, 3.63) is 65.7 Å². The summed E-state index contributed by atoms with van der Waals surface area (Å²) in [6.07, 6.45) is 0.895. The fourth-order valence-corrected chi connectivity index (χ4v) is 2.58. The molecule has 0 saturated carbocycles. The Morgan fingerprint density at radius 2 is 2.00 bits per heavy atom. The van der Waals surface area contributed by atoms with Crippen LogP contribution in [0.25, 0.3) is 6.05 Å². The lowest BCUT2D eigenvalue weighted by Gasteiger charge is -2.18. The van der Waals surface area contributed by atoms with Crippen molar-refractivity contribution in [2.24, 2.45) is 5.10 Å². The Morgan fingerprint density at radius 1 is 1.10 bits per heavy atom. The summed E-state index contributed by atoms with van der Waals surface area (Å²) < 4.78 is 24.8. The zero-order valence-electron chi connectivity index (χ0n) is 13.9. The second-order valence-electron chi connectivity index (χ2n) is 4.79. The summed E-state index contributed by atoms with van der Waals surface area (Å²) in [6, 6.07) is 13.5. The third-order valence-electron chi connectivity index (χ3n) is 3.58. The lowest BCUT2D eigenvalue weighted by atomic mass is 10.1. The molecule has 2 aliphatic rings. The predicted molar refractivity (Wildman–Crippen MR) is 84.0 cm³/mol. The van der Waals surface area contributed by atoms with E-state index >= 15 is 0 Å². The van der Waals surface area contributed by atoms with Crippen LogP contribution in [0.1, 0.15) is 15.2 Å². The van der Waals surface area contributed by atoms with Crippen molar-refractivity contribution in [1.82, 2.24) is 0 Å². The lowest BCUT2D eigenvalue weighted by Crippen LogP contribution is -2.27. The number of nitrogens with zero attached hydrogens (tertiary/aromatic N) is 2. The van der Waals surface area contributed by atoms with Gasteiger partial charge in [0.1, 0.15) is 0 Å². The summed E-state index contributed by atoms with van der Waals surface area (Å²) in [5, 5.41) is 4.36. The van der Waals surface area contributed by atoms with Crippen molar-refractivity contribution in [2.75, 3.05) is 16.9 Å². The molecule has 0 saturated heterocycles. The first-order chi connectivity index (χ1) is 11.2. The molecule has 2 heterocycles. The molecule has 0 bridgehead atoms. The first-order valence-corrected chi connectivity index (χ1v) is 6.64. The smallest absolute Gasteiger partial charge is 0.153 e. The highest BCUT2D eigenvalue weighted by molar-refractivity contribution is 6.10. The monoisotopic (exact) mass is 264 g/mol. The Labute approximate surface area is 122 Å². The molecule has 0 aliphatic carbocycles. The summed E-state index contributed by atoms with van der Waals surface area (Å²) in [4.78, 5) is 1.97. The molecule has 0 amide bonds. The van der Waals surface area contributed by atoms with Crippen LogP contribution in [0, 0.1) is 0 Å².